The SMILES string of the molecule is COC(=O)N/N=C\c1c(C)nn([C@H]2CCS(=O)(=O)C2)c1Cl. The quantitative estimate of drug-likeness (QED) is 0.653. The molecular weight excluding hydrogens is 320 g/mol. The Morgan fingerprint density at radius 2 is 2.33 bits per heavy atom. The minimum atomic E-state index is -3.02. The van der Waals surface area contributed by atoms with Crippen molar-refractivity contribution in [3.63, 3.8) is 0 Å². The number of hydrazone groups is 1. The first-order valence-electron chi connectivity index (χ1n) is 6.16. The lowest BCUT2D eigenvalue weighted by Crippen LogP contribution is -2.16. The molecule has 0 saturated carbocycles. The van der Waals surface area contributed by atoms with Crippen LogP contribution in [0.2, 0.25) is 5.15 Å². The molecule has 1 N–H and O–H groups in total. The summed E-state index contributed by atoms with van der Waals surface area (Å²) in [6, 6.07) is -0.267. The summed E-state index contributed by atoms with van der Waals surface area (Å²) in [7, 11) is -1.80. The van der Waals surface area contributed by atoms with Gasteiger partial charge in [0.15, 0.2) is 9.84 Å². The zero-order valence-electron chi connectivity index (χ0n) is 11.5. The molecular formula is C11H15ClN4O4S. The molecule has 1 atom stereocenters. The molecule has 1 saturated heterocycles. The number of sulfone groups is 1. The van der Waals surface area contributed by atoms with Crippen molar-refractivity contribution in [1.82, 2.24) is 15.2 Å². The first kappa shape index (κ1) is 15.8. The van der Waals surface area contributed by atoms with Crippen molar-refractivity contribution in [3.05, 3.63) is 16.4 Å². The van der Waals surface area contributed by atoms with Crippen LogP contribution in [0.5, 0.6) is 0 Å². The van der Waals surface area contributed by atoms with Crippen molar-refractivity contribution >= 4 is 33.7 Å². The monoisotopic (exact) mass is 334 g/mol. The van der Waals surface area contributed by atoms with Gasteiger partial charge in [-0.2, -0.15) is 10.2 Å². The zero-order valence-corrected chi connectivity index (χ0v) is 13.1. The van der Waals surface area contributed by atoms with Crippen LogP contribution < -0.4 is 5.43 Å². The third-order valence-electron chi connectivity index (χ3n) is 3.16. The standard InChI is InChI=1S/C11H15ClN4O4S/c1-7-9(5-13-14-11(17)20-2)10(12)16(15-7)8-3-4-21(18,19)6-8/h5,8H,3-4,6H2,1-2H3,(H,14,17)/b13-5-/t8-/m0/s1. The molecule has 10 heteroatoms. The van der Waals surface area contributed by atoms with Gasteiger partial charge in [0.1, 0.15) is 5.15 Å². The van der Waals surface area contributed by atoms with Crippen LogP contribution in [0.15, 0.2) is 5.10 Å². The second kappa shape index (κ2) is 6.02. The van der Waals surface area contributed by atoms with E-state index in [1.165, 1.54) is 18.0 Å². The van der Waals surface area contributed by atoms with E-state index >= 15 is 0 Å². The minimum Gasteiger partial charge on any atom is -0.452 e. The Balaban J connectivity index is 2.20. The van der Waals surface area contributed by atoms with Crippen molar-refractivity contribution in [1.29, 1.82) is 0 Å². The van der Waals surface area contributed by atoms with Gasteiger partial charge in [-0.15, -0.1) is 0 Å². The van der Waals surface area contributed by atoms with E-state index in [-0.39, 0.29) is 17.5 Å². The van der Waals surface area contributed by atoms with Crippen molar-refractivity contribution in [2.24, 2.45) is 5.10 Å². The molecule has 116 valence electrons. The summed E-state index contributed by atoms with van der Waals surface area (Å²) < 4.78 is 28.9. The van der Waals surface area contributed by atoms with E-state index in [9.17, 15) is 13.2 Å². The van der Waals surface area contributed by atoms with Crippen LogP contribution >= 0.6 is 11.6 Å². The molecule has 0 spiro atoms. The van der Waals surface area contributed by atoms with Crippen LogP contribution in [0.3, 0.4) is 0 Å². The van der Waals surface area contributed by atoms with Crippen molar-refractivity contribution < 1.29 is 17.9 Å². The second-order valence-electron chi connectivity index (χ2n) is 4.65. The number of ether oxygens (including phenoxy) is 1. The van der Waals surface area contributed by atoms with Gasteiger partial charge < -0.3 is 4.74 Å². The molecule has 2 heterocycles. The lowest BCUT2D eigenvalue weighted by Gasteiger charge is -2.09. The van der Waals surface area contributed by atoms with Crippen LogP contribution in [0.4, 0.5) is 4.79 Å². The number of hydrogen-bond acceptors (Lipinski definition) is 6. The van der Waals surface area contributed by atoms with E-state index in [0.29, 0.717) is 22.8 Å². The lowest BCUT2D eigenvalue weighted by molar-refractivity contribution is 0.171. The number of aromatic nitrogens is 2. The van der Waals surface area contributed by atoms with E-state index in [2.05, 4.69) is 20.4 Å². The molecule has 8 nitrogen and oxygen atoms in total. The zero-order chi connectivity index (χ0) is 15.6. The molecule has 1 aromatic heterocycles. The topological polar surface area (TPSA) is 103 Å². The van der Waals surface area contributed by atoms with Crippen LogP contribution in [0.25, 0.3) is 0 Å². The summed E-state index contributed by atoms with van der Waals surface area (Å²) >= 11 is 6.22. The number of carbonyl (C=O) groups is 1. The summed E-state index contributed by atoms with van der Waals surface area (Å²) in [5.41, 5.74) is 3.27. The molecule has 0 unspecified atom stereocenters. The Hall–Kier alpha value is -1.61. The Morgan fingerprint density at radius 1 is 1.62 bits per heavy atom. The van der Waals surface area contributed by atoms with Crippen LogP contribution in [-0.2, 0) is 14.6 Å². The molecule has 0 bridgehead atoms. The predicted molar refractivity (Wildman–Crippen MR) is 77.4 cm³/mol. The van der Waals surface area contributed by atoms with Gasteiger partial charge in [0, 0.05) is 0 Å². The summed E-state index contributed by atoms with van der Waals surface area (Å²) in [5, 5.41) is 8.25. The number of rotatable bonds is 3. The lowest BCUT2D eigenvalue weighted by atomic mass is 10.2. The maximum atomic E-state index is 11.5. The Kier molecular flexibility index (Phi) is 4.52. The molecule has 1 aliphatic rings. The van der Waals surface area contributed by atoms with Gasteiger partial charge in [0.05, 0.1) is 42.1 Å². The molecule has 0 aromatic carbocycles. The number of nitrogens with zero attached hydrogens (tertiary/aromatic N) is 3. The maximum Gasteiger partial charge on any atom is 0.427 e. The molecule has 1 amide bonds. The molecule has 2 rings (SSSR count). The maximum absolute atomic E-state index is 11.5. The van der Waals surface area contributed by atoms with Crippen LogP contribution in [0, 0.1) is 6.92 Å². The molecule has 0 aliphatic carbocycles. The predicted octanol–water partition coefficient (Wildman–Crippen LogP) is 0.894. The number of halogens is 1. The summed E-state index contributed by atoms with van der Waals surface area (Å²) in [4.78, 5) is 10.9. The van der Waals surface area contributed by atoms with E-state index in [1.54, 1.807) is 6.92 Å². The van der Waals surface area contributed by atoms with Crippen molar-refractivity contribution in [2.45, 2.75) is 19.4 Å². The average Bonchev–Trinajstić information content (AvgIpc) is 2.91. The van der Waals surface area contributed by atoms with Gasteiger partial charge in [-0.25, -0.2) is 23.3 Å². The Bertz CT molecular complexity index is 683. The fraction of sp³-hybridized carbons (Fsp3) is 0.545. The second-order valence-corrected chi connectivity index (χ2v) is 7.24. The normalized spacial score (nSPS) is 20.8. The van der Waals surface area contributed by atoms with Gasteiger partial charge in [-0.1, -0.05) is 11.6 Å². The third kappa shape index (κ3) is 3.53. The number of amides is 1. The molecule has 1 aliphatic heterocycles. The highest BCUT2D eigenvalue weighted by Gasteiger charge is 2.31. The fourth-order valence-electron chi connectivity index (χ4n) is 2.08. The van der Waals surface area contributed by atoms with Gasteiger partial charge >= 0.3 is 6.09 Å². The largest absolute Gasteiger partial charge is 0.452 e. The fourth-order valence-corrected chi connectivity index (χ4v) is 4.14. The first-order chi connectivity index (χ1) is 9.84. The highest BCUT2D eigenvalue weighted by atomic mass is 35.5. The number of hydrogen-bond donors (Lipinski definition) is 1. The van der Waals surface area contributed by atoms with E-state index < -0.39 is 15.9 Å². The smallest absolute Gasteiger partial charge is 0.427 e. The Morgan fingerprint density at radius 3 is 2.90 bits per heavy atom. The van der Waals surface area contributed by atoms with E-state index in [4.69, 9.17) is 11.6 Å². The highest BCUT2D eigenvalue weighted by molar-refractivity contribution is 7.91. The minimum absolute atomic E-state index is 0.0326. The van der Waals surface area contributed by atoms with Gasteiger partial charge in [-0.3, -0.25) is 0 Å². The van der Waals surface area contributed by atoms with Gasteiger partial charge in [0.25, 0.3) is 0 Å². The van der Waals surface area contributed by atoms with E-state index in [0.717, 1.165) is 0 Å². The summed E-state index contributed by atoms with van der Waals surface area (Å²) in [6.07, 6.45) is 1.14. The summed E-state index contributed by atoms with van der Waals surface area (Å²) in [6.45, 7) is 1.73. The number of nitrogens with one attached hydrogen (secondary N) is 1. The molecule has 0 radical (unpaired) electrons. The highest BCUT2D eigenvalue weighted by Crippen LogP contribution is 2.29. The molecule has 1 aromatic rings. The molecule has 21 heavy (non-hydrogen) atoms. The van der Waals surface area contributed by atoms with Crippen LogP contribution in [0.1, 0.15) is 23.7 Å². The van der Waals surface area contributed by atoms with Crippen molar-refractivity contribution in [2.75, 3.05) is 18.6 Å². The first-order valence-corrected chi connectivity index (χ1v) is 8.36. The number of carbonyl (C=O) groups excluding carboxylic acids is 1. The van der Waals surface area contributed by atoms with Crippen LogP contribution in [-0.4, -0.2) is 49.1 Å². The van der Waals surface area contributed by atoms with Crippen molar-refractivity contribution in [3.8, 4) is 0 Å². The number of methoxy groups -OCH3 is 1. The average molecular weight is 335 g/mol. The van der Waals surface area contributed by atoms with Gasteiger partial charge in [-0.05, 0) is 13.3 Å². The summed E-state index contributed by atoms with van der Waals surface area (Å²) in [5.74, 6) is 0.172. The van der Waals surface area contributed by atoms with Gasteiger partial charge in [0.2, 0.25) is 0 Å². The molecule has 1 fully saturated rings. The Labute approximate surface area is 127 Å². The van der Waals surface area contributed by atoms with E-state index in [1.807, 2.05) is 0 Å². The third-order valence-corrected chi connectivity index (χ3v) is 5.29. The number of aryl methyl sites for hydroxylation is 1.